The van der Waals surface area contributed by atoms with Crippen molar-refractivity contribution < 1.29 is 14.3 Å². The second kappa shape index (κ2) is 10.1. The maximum Gasteiger partial charge on any atom is 0.255 e. The van der Waals surface area contributed by atoms with Crippen molar-refractivity contribution in [3.8, 4) is 11.6 Å². The summed E-state index contributed by atoms with van der Waals surface area (Å²) in [5.41, 5.74) is 8.30. The number of rotatable bonds is 9. The number of benzene rings is 2. The van der Waals surface area contributed by atoms with Crippen molar-refractivity contribution >= 4 is 11.7 Å². The van der Waals surface area contributed by atoms with Crippen LogP contribution in [0.3, 0.4) is 0 Å². The average Bonchev–Trinajstić information content (AvgIpc) is 2.76. The minimum Gasteiger partial charge on any atom is -0.489 e. The van der Waals surface area contributed by atoms with E-state index in [0.29, 0.717) is 31.2 Å². The first-order valence-electron chi connectivity index (χ1n) is 9.59. The van der Waals surface area contributed by atoms with Crippen molar-refractivity contribution in [2.75, 3.05) is 12.3 Å². The predicted octanol–water partition coefficient (Wildman–Crippen LogP) is 3.96. The quantitative estimate of drug-likeness (QED) is 0.577. The van der Waals surface area contributed by atoms with E-state index in [4.69, 9.17) is 15.2 Å². The average molecular weight is 391 g/mol. The molecule has 0 radical (unpaired) electrons. The van der Waals surface area contributed by atoms with Gasteiger partial charge in [-0.2, -0.15) is 4.98 Å². The monoisotopic (exact) mass is 391 g/mol. The molecular weight excluding hydrogens is 366 g/mol. The van der Waals surface area contributed by atoms with E-state index >= 15 is 0 Å². The lowest BCUT2D eigenvalue weighted by Gasteiger charge is -2.10. The number of nitrogen functional groups attached to an aromatic ring is 1. The summed E-state index contributed by atoms with van der Waals surface area (Å²) in [7, 11) is 0. The molecule has 3 aromatic rings. The maximum atomic E-state index is 12.4. The summed E-state index contributed by atoms with van der Waals surface area (Å²) in [5.74, 6) is 1.08. The van der Waals surface area contributed by atoms with E-state index in [1.807, 2.05) is 61.5 Å². The summed E-state index contributed by atoms with van der Waals surface area (Å²) in [6, 6.07) is 20.9. The number of nitrogens with one attached hydrogen (secondary N) is 1. The van der Waals surface area contributed by atoms with Crippen LogP contribution >= 0.6 is 0 Å². The van der Waals surface area contributed by atoms with Crippen molar-refractivity contribution in [1.29, 1.82) is 0 Å². The molecule has 0 bridgehead atoms. The summed E-state index contributed by atoms with van der Waals surface area (Å²) in [4.78, 5) is 16.5. The largest absolute Gasteiger partial charge is 0.489 e. The number of anilines is 1. The van der Waals surface area contributed by atoms with E-state index in [-0.39, 0.29) is 11.7 Å². The highest BCUT2D eigenvalue weighted by Gasteiger charge is 2.12. The highest BCUT2D eigenvalue weighted by atomic mass is 16.5. The van der Waals surface area contributed by atoms with Gasteiger partial charge in [-0.25, -0.2) is 0 Å². The van der Waals surface area contributed by atoms with Crippen LogP contribution in [0.2, 0.25) is 0 Å². The van der Waals surface area contributed by atoms with Crippen LogP contribution in [0.15, 0.2) is 66.7 Å². The van der Waals surface area contributed by atoms with Gasteiger partial charge in [-0.3, -0.25) is 4.79 Å². The second-order valence-electron chi connectivity index (χ2n) is 6.53. The maximum absolute atomic E-state index is 12.4. The Bertz CT molecular complexity index is 928. The van der Waals surface area contributed by atoms with Gasteiger partial charge in [-0.05, 0) is 35.7 Å². The second-order valence-corrected chi connectivity index (χ2v) is 6.53. The zero-order chi connectivity index (χ0) is 20.5. The molecule has 0 spiro atoms. The van der Waals surface area contributed by atoms with Gasteiger partial charge in [-0.15, -0.1) is 0 Å². The number of aromatic nitrogens is 1. The molecule has 0 aliphatic heterocycles. The Labute approximate surface area is 170 Å². The Kier molecular flexibility index (Phi) is 7.05. The van der Waals surface area contributed by atoms with Gasteiger partial charge in [0.2, 0.25) is 5.88 Å². The van der Waals surface area contributed by atoms with Crippen LogP contribution in [0, 0.1) is 0 Å². The van der Waals surface area contributed by atoms with Crippen LogP contribution in [0.5, 0.6) is 11.6 Å². The van der Waals surface area contributed by atoms with Gasteiger partial charge in [-0.1, -0.05) is 49.4 Å². The Morgan fingerprint density at radius 2 is 1.72 bits per heavy atom. The van der Waals surface area contributed by atoms with Crippen molar-refractivity contribution in [3.05, 3.63) is 83.4 Å². The zero-order valence-corrected chi connectivity index (χ0v) is 16.4. The molecule has 3 rings (SSSR count). The standard InChI is InChI=1S/C23H25N3O3/c1-2-14-28-21-13-12-20(22(24)26-21)23(27)25-15-17-8-10-19(11-9-17)29-16-18-6-4-3-5-7-18/h3-13H,2,14-16H2,1H3,(H2,24,26)(H,25,27). The Balaban J connectivity index is 1.51. The Morgan fingerprint density at radius 1 is 0.966 bits per heavy atom. The van der Waals surface area contributed by atoms with Gasteiger partial charge < -0.3 is 20.5 Å². The zero-order valence-electron chi connectivity index (χ0n) is 16.4. The molecule has 0 fully saturated rings. The first-order valence-corrected chi connectivity index (χ1v) is 9.59. The molecule has 0 atom stereocenters. The smallest absolute Gasteiger partial charge is 0.255 e. The van der Waals surface area contributed by atoms with E-state index in [2.05, 4.69) is 10.3 Å². The van der Waals surface area contributed by atoms with Gasteiger partial charge in [0.25, 0.3) is 5.91 Å². The third-order valence-corrected chi connectivity index (χ3v) is 4.22. The molecular formula is C23H25N3O3. The van der Waals surface area contributed by atoms with Crippen molar-refractivity contribution in [1.82, 2.24) is 10.3 Å². The molecule has 6 heteroatoms. The van der Waals surface area contributed by atoms with E-state index in [1.165, 1.54) is 0 Å². The lowest BCUT2D eigenvalue weighted by atomic mass is 10.2. The first-order chi connectivity index (χ1) is 14.2. The Hall–Kier alpha value is -3.54. The third kappa shape index (κ3) is 5.97. The number of ether oxygens (including phenoxy) is 2. The summed E-state index contributed by atoms with van der Waals surface area (Å²) < 4.78 is 11.2. The van der Waals surface area contributed by atoms with E-state index in [0.717, 1.165) is 23.3 Å². The summed E-state index contributed by atoms with van der Waals surface area (Å²) in [6.45, 7) is 3.46. The molecule has 1 amide bonds. The van der Waals surface area contributed by atoms with Crippen LogP contribution in [0.4, 0.5) is 5.82 Å². The lowest BCUT2D eigenvalue weighted by molar-refractivity contribution is 0.0951. The van der Waals surface area contributed by atoms with Gasteiger partial charge in [0, 0.05) is 12.6 Å². The van der Waals surface area contributed by atoms with Gasteiger partial charge in [0.15, 0.2) is 0 Å². The fourth-order valence-corrected chi connectivity index (χ4v) is 2.66. The van der Waals surface area contributed by atoms with Crippen LogP contribution in [-0.4, -0.2) is 17.5 Å². The minimum atomic E-state index is -0.276. The summed E-state index contributed by atoms with van der Waals surface area (Å²) >= 11 is 0. The molecule has 1 aromatic heterocycles. The molecule has 0 saturated carbocycles. The predicted molar refractivity (Wildman–Crippen MR) is 113 cm³/mol. The number of amides is 1. The lowest BCUT2D eigenvalue weighted by Crippen LogP contribution is -2.24. The fraction of sp³-hybridized carbons (Fsp3) is 0.217. The Morgan fingerprint density at radius 3 is 2.41 bits per heavy atom. The van der Waals surface area contributed by atoms with Crippen LogP contribution < -0.4 is 20.5 Å². The summed E-state index contributed by atoms with van der Waals surface area (Å²) in [5, 5.41) is 2.86. The number of carbonyl (C=O) groups is 1. The molecule has 2 aromatic carbocycles. The van der Waals surface area contributed by atoms with Crippen LogP contribution in [0.25, 0.3) is 0 Å². The number of pyridine rings is 1. The summed E-state index contributed by atoms with van der Waals surface area (Å²) in [6.07, 6.45) is 0.875. The molecule has 150 valence electrons. The molecule has 0 saturated heterocycles. The molecule has 29 heavy (non-hydrogen) atoms. The van der Waals surface area contributed by atoms with E-state index in [9.17, 15) is 4.79 Å². The number of nitrogens with zero attached hydrogens (tertiary/aromatic N) is 1. The van der Waals surface area contributed by atoms with Crippen molar-refractivity contribution in [2.45, 2.75) is 26.5 Å². The highest BCUT2D eigenvalue weighted by Crippen LogP contribution is 2.17. The number of carbonyl (C=O) groups excluding carboxylic acids is 1. The van der Waals surface area contributed by atoms with Crippen LogP contribution in [0.1, 0.15) is 34.8 Å². The van der Waals surface area contributed by atoms with Gasteiger partial charge in [0.1, 0.15) is 18.2 Å². The molecule has 0 aliphatic carbocycles. The van der Waals surface area contributed by atoms with E-state index < -0.39 is 0 Å². The van der Waals surface area contributed by atoms with E-state index in [1.54, 1.807) is 12.1 Å². The fourth-order valence-electron chi connectivity index (χ4n) is 2.66. The van der Waals surface area contributed by atoms with Gasteiger partial charge in [0.05, 0.1) is 12.2 Å². The van der Waals surface area contributed by atoms with Crippen molar-refractivity contribution in [3.63, 3.8) is 0 Å². The molecule has 0 unspecified atom stereocenters. The first kappa shape index (κ1) is 20.2. The third-order valence-electron chi connectivity index (χ3n) is 4.22. The minimum absolute atomic E-state index is 0.153. The number of nitrogens with two attached hydrogens (primary N) is 1. The van der Waals surface area contributed by atoms with Crippen molar-refractivity contribution in [2.24, 2.45) is 0 Å². The van der Waals surface area contributed by atoms with Gasteiger partial charge >= 0.3 is 0 Å². The van der Waals surface area contributed by atoms with Crippen LogP contribution in [-0.2, 0) is 13.2 Å². The topological polar surface area (TPSA) is 86.5 Å². The normalized spacial score (nSPS) is 10.4. The SMILES string of the molecule is CCCOc1ccc(C(=O)NCc2ccc(OCc3ccccc3)cc2)c(N)n1. The molecule has 6 nitrogen and oxygen atoms in total. The molecule has 3 N–H and O–H groups in total. The molecule has 1 heterocycles. The number of hydrogen-bond acceptors (Lipinski definition) is 5. The number of hydrogen-bond donors (Lipinski definition) is 2. The molecule has 0 aliphatic rings. The highest BCUT2D eigenvalue weighted by molar-refractivity contribution is 5.98.